The van der Waals surface area contributed by atoms with Gasteiger partial charge in [0.05, 0.1) is 19.3 Å². The van der Waals surface area contributed by atoms with Crippen molar-refractivity contribution < 1.29 is 33.8 Å². The van der Waals surface area contributed by atoms with Gasteiger partial charge in [-0.25, -0.2) is 9.78 Å². The lowest BCUT2D eigenvalue weighted by Crippen LogP contribution is -2.70. The summed E-state index contributed by atoms with van der Waals surface area (Å²) in [5.74, 6) is 1.47. The summed E-state index contributed by atoms with van der Waals surface area (Å²) in [5.41, 5.74) is 0.664. The maximum absolute atomic E-state index is 9.44. The largest absolute Gasteiger partial charge is 0.494 e. The summed E-state index contributed by atoms with van der Waals surface area (Å²) in [4.78, 5) is 12.1. The van der Waals surface area contributed by atoms with E-state index in [1.165, 1.54) is 12.0 Å². The number of hydrogen-bond donors (Lipinski definition) is 1. The summed E-state index contributed by atoms with van der Waals surface area (Å²) < 4.78 is 25.0. The first-order chi connectivity index (χ1) is 16.8. The second-order valence-corrected chi connectivity index (χ2v) is 11.4. The summed E-state index contributed by atoms with van der Waals surface area (Å²) >= 11 is 0. The molecule has 7 nitrogen and oxygen atoms in total. The number of aliphatic hydroxyl groups excluding tert-OH is 1. The Morgan fingerprint density at radius 3 is 2.63 bits per heavy atom. The monoisotopic (exact) mass is 490 g/mol. The molecule has 0 amide bonds. The van der Waals surface area contributed by atoms with Crippen LogP contribution < -0.4 is 4.74 Å². The molecule has 1 N–H and O–H groups in total. The van der Waals surface area contributed by atoms with Gasteiger partial charge in [-0.2, -0.15) is 0 Å². The fraction of sp³-hybridized carbons (Fsp3) is 0.786. The van der Waals surface area contributed by atoms with Crippen LogP contribution in [-0.4, -0.2) is 48.4 Å². The number of hydrogen-bond acceptors (Lipinski definition) is 7. The Morgan fingerprint density at radius 1 is 1.06 bits per heavy atom. The van der Waals surface area contributed by atoms with Crippen LogP contribution in [0.1, 0.15) is 71.8 Å². The van der Waals surface area contributed by atoms with Crippen molar-refractivity contribution in [2.75, 3.05) is 13.2 Å². The van der Waals surface area contributed by atoms with Crippen LogP contribution >= 0.6 is 0 Å². The molecular formula is C28H42O7. The molecule has 0 aromatic heterocycles. The summed E-state index contributed by atoms with van der Waals surface area (Å²) in [6, 6.07) is 8.11. The zero-order valence-electron chi connectivity index (χ0n) is 21.6. The Bertz CT molecular complexity index is 844. The van der Waals surface area contributed by atoms with Crippen LogP contribution in [0.4, 0.5) is 0 Å². The van der Waals surface area contributed by atoms with Crippen molar-refractivity contribution >= 4 is 0 Å². The highest BCUT2D eigenvalue weighted by Crippen LogP contribution is 2.60. The standard InChI is InChI=1S/C28H42O7/c1-18-6-13-24-20(3)25(32-26-28(24)23(18)14-15-27(4,33-26)34-35-28)31-17-5-16-30-22-11-9-21(10-12-22)8-7-19(2)29/h9-12,18-20,23-26,29H,5-8,13-17H2,1-4H3/t18-,19?,20-,23?,24+,25+,26-,27-,28-/m1/s1. The zero-order chi connectivity index (χ0) is 24.6. The van der Waals surface area contributed by atoms with Crippen LogP contribution in [0.15, 0.2) is 24.3 Å². The Morgan fingerprint density at radius 2 is 1.86 bits per heavy atom. The number of benzene rings is 1. The first kappa shape index (κ1) is 25.4. The van der Waals surface area contributed by atoms with E-state index in [0.717, 1.165) is 44.3 Å². The minimum absolute atomic E-state index is 0.186. The van der Waals surface area contributed by atoms with Gasteiger partial charge >= 0.3 is 0 Å². The molecule has 4 saturated heterocycles. The normalized spacial score (nSPS) is 41.2. The van der Waals surface area contributed by atoms with E-state index in [-0.39, 0.29) is 24.2 Å². The van der Waals surface area contributed by atoms with Crippen molar-refractivity contribution in [3.05, 3.63) is 29.8 Å². The van der Waals surface area contributed by atoms with Gasteiger partial charge in [0.1, 0.15) is 5.75 Å². The molecule has 4 heterocycles. The molecule has 5 fully saturated rings. The van der Waals surface area contributed by atoms with Crippen molar-refractivity contribution in [1.82, 2.24) is 0 Å². The van der Waals surface area contributed by atoms with Crippen LogP contribution in [0.2, 0.25) is 0 Å². The fourth-order valence-electron chi connectivity index (χ4n) is 6.64. The van der Waals surface area contributed by atoms with Crippen molar-refractivity contribution in [3.63, 3.8) is 0 Å². The Hall–Kier alpha value is -1.22. The van der Waals surface area contributed by atoms with Gasteiger partial charge in [0, 0.05) is 24.7 Å². The zero-order valence-corrected chi connectivity index (χ0v) is 21.6. The summed E-state index contributed by atoms with van der Waals surface area (Å²) in [6.45, 7) is 9.45. The summed E-state index contributed by atoms with van der Waals surface area (Å²) in [6.07, 6.45) is 5.44. The van der Waals surface area contributed by atoms with Crippen molar-refractivity contribution in [2.45, 2.75) is 103 Å². The first-order valence-electron chi connectivity index (χ1n) is 13.5. The molecule has 4 aliphatic heterocycles. The van der Waals surface area contributed by atoms with Gasteiger partial charge < -0.3 is 24.1 Å². The molecule has 0 radical (unpaired) electrons. The van der Waals surface area contributed by atoms with Crippen LogP contribution in [0.25, 0.3) is 0 Å². The average molecular weight is 491 g/mol. The van der Waals surface area contributed by atoms with E-state index in [1.807, 2.05) is 26.0 Å². The predicted molar refractivity (Wildman–Crippen MR) is 129 cm³/mol. The highest BCUT2D eigenvalue weighted by molar-refractivity contribution is 5.27. The quantitative estimate of drug-likeness (QED) is 0.386. The molecule has 1 aromatic carbocycles. The predicted octanol–water partition coefficient (Wildman–Crippen LogP) is 4.99. The van der Waals surface area contributed by atoms with E-state index in [4.69, 9.17) is 28.7 Å². The summed E-state index contributed by atoms with van der Waals surface area (Å²) in [7, 11) is 0. The van der Waals surface area contributed by atoms with Gasteiger partial charge in [-0.3, -0.25) is 0 Å². The van der Waals surface area contributed by atoms with Crippen LogP contribution in [-0.2, 0) is 30.4 Å². The molecule has 5 aliphatic rings. The van der Waals surface area contributed by atoms with Gasteiger partial charge in [0.2, 0.25) is 5.79 Å². The number of rotatable bonds is 9. The Balaban J connectivity index is 1.13. The van der Waals surface area contributed by atoms with Gasteiger partial charge in [0.25, 0.3) is 0 Å². The lowest BCUT2D eigenvalue weighted by Gasteiger charge is -2.60. The maximum atomic E-state index is 9.44. The van der Waals surface area contributed by atoms with Gasteiger partial charge in [-0.1, -0.05) is 26.0 Å². The molecule has 9 atom stereocenters. The number of fused-ring (bicyclic) bond motifs is 2. The summed E-state index contributed by atoms with van der Waals surface area (Å²) in [5, 5.41) is 9.44. The van der Waals surface area contributed by atoms with Crippen molar-refractivity contribution in [2.24, 2.45) is 23.7 Å². The van der Waals surface area contributed by atoms with Gasteiger partial charge in [-0.05, 0) is 75.5 Å². The van der Waals surface area contributed by atoms with Crippen molar-refractivity contribution in [3.8, 4) is 5.75 Å². The molecule has 7 heteroatoms. The third-order valence-electron chi connectivity index (χ3n) is 8.71. The number of aryl methyl sites for hydroxylation is 1. The second-order valence-electron chi connectivity index (χ2n) is 11.4. The highest BCUT2D eigenvalue weighted by atomic mass is 17.3. The smallest absolute Gasteiger partial charge is 0.201 e. The second kappa shape index (κ2) is 10.3. The van der Waals surface area contributed by atoms with Crippen LogP contribution in [0, 0.1) is 23.7 Å². The highest BCUT2D eigenvalue weighted by Gasteiger charge is 2.69. The molecule has 35 heavy (non-hydrogen) atoms. The van der Waals surface area contributed by atoms with E-state index in [1.54, 1.807) is 0 Å². The molecule has 1 spiro atoms. The Labute approximate surface area is 209 Å². The lowest BCUT2D eigenvalue weighted by molar-refractivity contribution is -0.577. The van der Waals surface area contributed by atoms with E-state index >= 15 is 0 Å². The third-order valence-corrected chi connectivity index (χ3v) is 8.71. The third kappa shape index (κ3) is 5.00. The van der Waals surface area contributed by atoms with E-state index in [0.29, 0.717) is 25.0 Å². The Kier molecular flexibility index (Phi) is 7.46. The molecule has 2 bridgehead atoms. The van der Waals surface area contributed by atoms with Crippen molar-refractivity contribution in [1.29, 1.82) is 0 Å². The number of aliphatic hydroxyl groups is 1. The topological polar surface area (TPSA) is 75.6 Å². The van der Waals surface area contributed by atoms with E-state index in [9.17, 15) is 5.11 Å². The lowest BCUT2D eigenvalue weighted by atomic mass is 9.58. The SMILES string of the molecule is CC(O)CCc1ccc(OCCCO[C@H]2O[C@@H]3O[C@@]4(C)CCC5[C@H](C)CC[C@@H]([C@H]2C)[C@]53OO4)cc1. The molecule has 1 saturated carbocycles. The molecule has 196 valence electrons. The minimum Gasteiger partial charge on any atom is -0.494 e. The van der Waals surface area contributed by atoms with E-state index in [2.05, 4.69) is 26.0 Å². The molecule has 2 unspecified atom stereocenters. The molecule has 1 aromatic rings. The average Bonchev–Trinajstić information content (AvgIpc) is 3.07. The molecular weight excluding hydrogens is 448 g/mol. The number of ether oxygens (including phenoxy) is 4. The van der Waals surface area contributed by atoms with Crippen LogP contribution in [0.5, 0.6) is 5.75 Å². The van der Waals surface area contributed by atoms with Crippen LogP contribution in [0.3, 0.4) is 0 Å². The van der Waals surface area contributed by atoms with E-state index < -0.39 is 17.7 Å². The van der Waals surface area contributed by atoms with Gasteiger partial charge in [-0.15, -0.1) is 0 Å². The van der Waals surface area contributed by atoms with Gasteiger partial charge in [0.15, 0.2) is 18.2 Å². The fourth-order valence-corrected chi connectivity index (χ4v) is 6.64. The molecule has 6 rings (SSSR count). The minimum atomic E-state index is -0.762. The molecule has 1 aliphatic carbocycles. The maximum Gasteiger partial charge on any atom is 0.201 e. The first-order valence-corrected chi connectivity index (χ1v) is 13.5.